The van der Waals surface area contributed by atoms with Gasteiger partial charge in [-0.2, -0.15) is 0 Å². The molecular weight excluding hydrogens is 202 g/mol. The molecule has 4 heteroatoms. The minimum absolute atomic E-state index is 0.328. The molecular formula is C12H9N3O. The Hall–Kier alpha value is -2.36. The standard InChI is InChI=1S/C12H9N3O/c13-12-11-10(16-15-12)6-9(7-14-11)8-4-2-1-3-5-8/h1-7H,(H2,13,15). The third-order valence-electron chi connectivity index (χ3n) is 2.44. The first-order valence-electron chi connectivity index (χ1n) is 4.91. The molecule has 2 N–H and O–H groups in total. The number of rotatable bonds is 1. The first-order chi connectivity index (χ1) is 7.84. The van der Waals surface area contributed by atoms with Crippen molar-refractivity contribution in [1.29, 1.82) is 0 Å². The van der Waals surface area contributed by atoms with Gasteiger partial charge < -0.3 is 10.3 Å². The van der Waals surface area contributed by atoms with Crippen LogP contribution in [0, 0.1) is 0 Å². The van der Waals surface area contributed by atoms with Gasteiger partial charge in [0, 0.05) is 11.8 Å². The lowest BCUT2D eigenvalue weighted by Crippen LogP contribution is -1.86. The van der Waals surface area contributed by atoms with Crippen LogP contribution in [-0.4, -0.2) is 10.1 Å². The monoisotopic (exact) mass is 211 g/mol. The van der Waals surface area contributed by atoms with Crippen LogP contribution in [0.4, 0.5) is 5.82 Å². The highest BCUT2D eigenvalue weighted by Crippen LogP contribution is 2.24. The molecule has 0 aliphatic rings. The molecule has 0 aliphatic carbocycles. The van der Waals surface area contributed by atoms with Crippen molar-refractivity contribution in [1.82, 2.24) is 10.1 Å². The van der Waals surface area contributed by atoms with E-state index in [-0.39, 0.29) is 0 Å². The van der Waals surface area contributed by atoms with Gasteiger partial charge in [-0.15, -0.1) is 0 Å². The van der Waals surface area contributed by atoms with Gasteiger partial charge in [0.2, 0.25) is 0 Å². The Bertz CT molecular complexity index is 631. The molecule has 16 heavy (non-hydrogen) atoms. The molecule has 3 rings (SSSR count). The van der Waals surface area contributed by atoms with Gasteiger partial charge in [0.25, 0.3) is 0 Å². The van der Waals surface area contributed by atoms with Crippen LogP contribution in [0.25, 0.3) is 22.2 Å². The first kappa shape index (κ1) is 8.91. The van der Waals surface area contributed by atoms with Crippen molar-refractivity contribution in [3.63, 3.8) is 0 Å². The lowest BCUT2D eigenvalue weighted by atomic mass is 10.1. The van der Waals surface area contributed by atoms with Crippen LogP contribution in [0.5, 0.6) is 0 Å². The van der Waals surface area contributed by atoms with Crippen molar-refractivity contribution in [2.24, 2.45) is 0 Å². The van der Waals surface area contributed by atoms with E-state index in [4.69, 9.17) is 10.3 Å². The summed E-state index contributed by atoms with van der Waals surface area (Å²) in [6.45, 7) is 0. The summed E-state index contributed by atoms with van der Waals surface area (Å²) in [5.41, 5.74) is 8.90. The Kier molecular flexibility index (Phi) is 1.86. The van der Waals surface area contributed by atoms with E-state index in [0.29, 0.717) is 16.9 Å². The van der Waals surface area contributed by atoms with E-state index in [2.05, 4.69) is 10.1 Å². The van der Waals surface area contributed by atoms with Crippen LogP contribution < -0.4 is 5.73 Å². The summed E-state index contributed by atoms with van der Waals surface area (Å²) in [5, 5.41) is 3.67. The fraction of sp³-hybridized carbons (Fsp3) is 0. The Morgan fingerprint density at radius 3 is 2.69 bits per heavy atom. The molecule has 0 bridgehead atoms. The van der Waals surface area contributed by atoms with E-state index < -0.39 is 0 Å². The number of nitrogens with zero attached hydrogens (tertiary/aromatic N) is 2. The summed E-state index contributed by atoms with van der Waals surface area (Å²) >= 11 is 0. The SMILES string of the molecule is Nc1noc2cc(-c3ccccc3)cnc12. The summed E-state index contributed by atoms with van der Waals surface area (Å²) in [4.78, 5) is 4.24. The molecule has 4 nitrogen and oxygen atoms in total. The number of nitrogen functional groups attached to an aromatic ring is 1. The van der Waals surface area contributed by atoms with Crippen molar-refractivity contribution < 1.29 is 4.52 Å². The van der Waals surface area contributed by atoms with Gasteiger partial charge in [0.05, 0.1) is 0 Å². The number of benzene rings is 1. The van der Waals surface area contributed by atoms with Gasteiger partial charge in [-0.3, -0.25) is 0 Å². The van der Waals surface area contributed by atoms with Crippen LogP contribution in [-0.2, 0) is 0 Å². The van der Waals surface area contributed by atoms with Crippen molar-refractivity contribution in [3.05, 3.63) is 42.6 Å². The van der Waals surface area contributed by atoms with Gasteiger partial charge in [-0.05, 0) is 11.6 Å². The van der Waals surface area contributed by atoms with E-state index in [1.165, 1.54) is 0 Å². The second-order valence-corrected chi connectivity index (χ2v) is 3.50. The number of anilines is 1. The van der Waals surface area contributed by atoms with Crippen molar-refractivity contribution in [2.45, 2.75) is 0 Å². The minimum Gasteiger partial charge on any atom is -0.379 e. The normalized spacial score (nSPS) is 10.8. The zero-order valence-corrected chi connectivity index (χ0v) is 8.42. The lowest BCUT2D eigenvalue weighted by Gasteiger charge is -1.99. The molecule has 0 radical (unpaired) electrons. The first-order valence-corrected chi connectivity index (χ1v) is 4.91. The topological polar surface area (TPSA) is 64.9 Å². The predicted molar refractivity (Wildman–Crippen MR) is 61.7 cm³/mol. The van der Waals surface area contributed by atoms with Gasteiger partial charge >= 0.3 is 0 Å². The highest BCUT2D eigenvalue weighted by Gasteiger charge is 2.07. The largest absolute Gasteiger partial charge is 0.379 e. The maximum absolute atomic E-state index is 5.60. The Balaban J connectivity index is 2.19. The van der Waals surface area contributed by atoms with Crippen molar-refractivity contribution in [2.75, 3.05) is 5.73 Å². The van der Waals surface area contributed by atoms with Gasteiger partial charge in [-0.25, -0.2) is 4.98 Å². The lowest BCUT2D eigenvalue weighted by molar-refractivity contribution is 0.460. The Morgan fingerprint density at radius 2 is 1.88 bits per heavy atom. The summed E-state index contributed by atoms with van der Waals surface area (Å²) in [6.07, 6.45) is 1.77. The van der Waals surface area contributed by atoms with E-state index in [0.717, 1.165) is 11.1 Å². The number of hydrogen-bond donors (Lipinski definition) is 1. The van der Waals surface area contributed by atoms with Crippen molar-refractivity contribution in [3.8, 4) is 11.1 Å². The molecule has 1 aromatic carbocycles. The molecule has 0 spiro atoms. The van der Waals surface area contributed by atoms with E-state index in [1.54, 1.807) is 6.20 Å². The number of hydrogen-bond acceptors (Lipinski definition) is 4. The predicted octanol–water partition coefficient (Wildman–Crippen LogP) is 2.47. The molecule has 78 valence electrons. The average Bonchev–Trinajstić information content (AvgIpc) is 2.72. The van der Waals surface area contributed by atoms with Crippen LogP contribution in [0.1, 0.15) is 0 Å². The molecule has 0 saturated heterocycles. The molecule has 2 aromatic heterocycles. The average molecular weight is 211 g/mol. The summed E-state index contributed by atoms with van der Waals surface area (Å²) in [6, 6.07) is 11.9. The maximum atomic E-state index is 5.60. The van der Waals surface area contributed by atoms with Crippen LogP contribution >= 0.6 is 0 Å². The van der Waals surface area contributed by atoms with Crippen LogP contribution in [0.15, 0.2) is 47.1 Å². The number of aromatic nitrogens is 2. The molecule has 0 unspecified atom stereocenters. The fourth-order valence-corrected chi connectivity index (χ4v) is 1.64. The molecule has 0 fully saturated rings. The summed E-state index contributed by atoms with van der Waals surface area (Å²) in [5.74, 6) is 0.328. The highest BCUT2D eigenvalue weighted by atomic mass is 16.5. The molecule has 0 amide bonds. The number of nitrogens with two attached hydrogens (primary N) is 1. The number of pyridine rings is 1. The van der Waals surface area contributed by atoms with Gasteiger partial charge in [-0.1, -0.05) is 35.5 Å². The highest BCUT2D eigenvalue weighted by molar-refractivity contribution is 5.85. The smallest absolute Gasteiger partial charge is 0.193 e. The second kappa shape index (κ2) is 3.34. The van der Waals surface area contributed by atoms with Crippen LogP contribution in [0.2, 0.25) is 0 Å². The molecule has 3 aromatic rings. The molecule has 0 aliphatic heterocycles. The minimum atomic E-state index is 0.328. The molecule has 0 atom stereocenters. The van der Waals surface area contributed by atoms with Gasteiger partial charge in [0.15, 0.2) is 16.9 Å². The zero-order chi connectivity index (χ0) is 11.0. The third kappa shape index (κ3) is 1.32. The second-order valence-electron chi connectivity index (χ2n) is 3.50. The summed E-state index contributed by atoms with van der Waals surface area (Å²) < 4.78 is 5.07. The van der Waals surface area contributed by atoms with E-state index in [1.807, 2.05) is 36.4 Å². The fourth-order valence-electron chi connectivity index (χ4n) is 1.64. The van der Waals surface area contributed by atoms with E-state index >= 15 is 0 Å². The zero-order valence-electron chi connectivity index (χ0n) is 8.42. The van der Waals surface area contributed by atoms with Crippen LogP contribution in [0.3, 0.4) is 0 Å². The van der Waals surface area contributed by atoms with E-state index in [9.17, 15) is 0 Å². The quantitative estimate of drug-likeness (QED) is 0.671. The Labute approximate surface area is 91.7 Å². The maximum Gasteiger partial charge on any atom is 0.193 e. The van der Waals surface area contributed by atoms with Gasteiger partial charge in [0.1, 0.15) is 0 Å². The van der Waals surface area contributed by atoms with Crippen molar-refractivity contribution >= 4 is 16.9 Å². The number of fused-ring (bicyclic) bond motifs is 1. The Morgan fingerprint density at radius 1 is 1.06 bits per heavy atom. The summed E-state index contributed by atoms with van der Waals surface area (Å²) in [7, 11) is 0. The molecule has 2 heterocycles. The molecule has 0 saturated carbocycles. The third-order valence-corrected chi connectivity index (χ3v) is 2.44.